The Labute approximate surface area is 174 Å². The third-order valence-electron chi connectivity index (χ3n) is 5.99. The molecule has 0 aliphatic carbocycles. The summed E-state index contributed by atoms with van der Waals surface area (Å²) in [5, 5.41) is 9.68. The maximum absolute atomic E-state index is 14.1. The number of nitrogens with zero attached hydrogens (tertiary/aromatic N) is 4. The summed E-state index contributed by atoms with van der Waals surface area (Å²) in [4.78, 5) is 22.0. The largest absolute Gasteiger partial charge is 0.348 e. The molecule has 158 valence electrons. The highest BCUT2D eigenvalue weighted by atomic mass is 19.1. The number of carbonyl (C=O) groups is 1. The number of piperidine rings is 1. The van der Waals surface area contributed by atoms with E-state index in [0.29, 0.717) is 17.4 Å². The standard InChI is InChI=1S/C22H26FN5O2/c1-27-14-16(18-6-3-7-19(23)20(18)27)5-2-4-15-8-10-28(11-9-15)22-24-12-17(13-25-22)21(29)26-30/h3,6-7,12-15,30H,2,4-5,8-11H2,1H3,(H,26,29). The van der Waals surface area contributed by atoms with Gasteiger partial charge in [0.25, 0.3) is 5.91 Å². The van der Waals surface area contributed by atoms with Crippen molar-refractivity contribution in [1.82, 2.24) is 20.0 Å². The number of amides is 1. The molecule has 30 heavy (non-hydrogen) atoms. The molecule has 7 nitrogen and oxygen atoms in total. The molecule has 8 heteroatoms. The van der Waals surface area contributed by atoms with Gasteiger partial charge in [0.15, 0.2) is 0 Å². The zero-order valence-electron chi connectivity index (χ0n) is 17.0. The number of hydrogen-bond acceptors (Lipinski definition) is 5. The van der Waals surface area contributed by atoms with E-state index in [1.54, 1.807) is 11.5 Å². The molecule has 4 rings (SSSR count). The Morgan fingerprint density at radius 3 is 2.70 bits per heavy atom. The van der Waals surface area contributed by atoms with Crippen LogP contribution in [-0.2, 0) is 13.5 Å². The van der Waals surface area contributed by atoms with Crippen LogP contribution < -0.4 is 10.4 Å². The second-order valence-corrected chi connectivity index (χ2v) is 7.94. The lowest BCUT2D eigenvalue weighted by molar-refractivity contribution is 0.0705. The highest BCUT2D eigenvalue weighted by Crippen LogP contribution is 2.28. The normalized spacial score (nSPS) is 15.0. The van der Waals surface area contributed by atoms with E-state index in [4.69, 9.17) is 5.21 Å². The molecule has 1 saturated heterocycles. The Balaban J connectivity index is 1.28. The first kappa shape index (κ1) is 20.3. The number of hydroxylamine groups is 1. The third-order valence-corrected chi connectivity index (χ3v) is 5.99. The molecule has 2 aromatic heterocycles. The fraction of sp³-hybridized carbons (Fsp3) is 0.409. The lowest BCUT2D eigenvalue weighted by atomic mass is 9.91. The molecule has 1 aromatic carbocycles. The van der Waals surface area contributed by atoms with Gasteiger partial charge in [0, 0.05) is 44.1 Å². The van der Waals surface area contributed by atoms with Gasteiger partial charge in [-0.2, -0.15) is 0 Å². The van der Waals surface area contributed by atoms with Gasteiger partial charge in [-0.3, -0.25) is 10.0 Å². The third kappa shape index (κ3) is 4.14. The Bertz CT molecular complexity index is 1030. The average molecular weight is 411 g/mol. The second-order valence-electron chi connectivity index (χ2n) is 7.94. The summed E-state index contributed by atoms with van der Waals surface area (Å²) in [5.41, 5.74) is 3.70. The first-order valence-electron chi connectivity index (χ1n) is 10.3. The lowest BCUT2D eigenvalue weighted by Crippen LogP contribution is -2.35. The van der Waals surface area contributed by atoms with Crippen molar-refractivity contribution in [2.24, 2.45) is 13.0 Å². The Kier molecular flexibility index (Phi) is 5.94. The molecule has 0 radical (unpaired) electrons. The number of benzene rings is 1. The molecule has 1 fully saturated rings. The number of aryl methyl sites for hydroxylation is 2. The second kappa shape index (κ2) is 8.79. The van der Waals surface area contributed by atoms with Gasteiger partial charge in [0.2, 0.25) is 5.95 Å². The van der Waals surface area contributed by atoms with Gasteiger partial charge in [-0.25, -0.2) is 19.8 Å². The van der Waals surface area contributed by atoms with Crippen molar-refractivity contribution < 1.29 is 14.4 Å². The van der Waals surface area contributed by atoms with E-state index in [1.165, 1.54) is 24.0 Å². The van der Waals surface area contributed by atoms with Crippen LogP contribution in [0.25, 0.3) is 10.9 Å². The van der Waals surface area contributed by atoms with Gasteiger partial charge in [0.1, 0.15) is 5.82 Å². The predicted octanol–water partition coefficient (Wildman–Crippen LogP) is 3.47. The minimum absolute atomic E-state index is 0.166. The van der Waals surface area contributed by atoms with E-state index < -0.39 is 5.91 Å². The van der Waals surface area contributed by atoms with Crippen LogP contribution in [0.15, 0.2) is 36.8 Å². The molecule has 0 bridgehead atoms. The topological polar surface area (TPSA) is 83.3 Å². The smallest absolute Gasteiger partial charge is 0.277 e. The minimum Gasteiger partial charge on any atom is -0.348 e. The van der Waals surface area contributed by atoms with Crippen molar-refractivity contribution in [2.75, 3.05) is 18.0 Å². The van der Waals surface area contributed by atoms with Crippen LogP contribution in [0, 0.1) is 11.7 Å². The average Bonchev–Trinajstić information content (AvgIpc) is 3.10. The molecule has 2 N–H and O–H groups in total. The number of hydrogen-bond donors (Lipinski definition) is 2. The molecular formula is C22H26FN5O2. The van der Waals surface area contributed by atoms with Gasteiger partial charge < -0.3 is 9.47 Å². The zero-order valence-corrected chi connectivity index (χ0v) is 17.0. The Hall–Kier alpha value is -3.00. The molecule has 0 spiro atoms. The molecular weight excluding hydrogens is 385 g/mol. The molecule has 3 heterocycles. The fourth-order valence-electron chi connectivity index (χ4n) is 4.37. The number of anilines is 1. The van der Waals surface area contributed by atoms with Crippen molar-refractivity contribution in [2.45, 2.75) is 32.1 Å². The summed E-state index contributed by atoms with van der Waals surface area (Å²) in [7, 11) is 1.90. The van der Waals surface area contributed by atoms with Crippen molar-refractivity contribution in [3.05, 3.63) is 53.7 Å². The number of para-hydroxylation sites is 1. The van der Waals surface area contributed by atoms with E-state index in [0.717, 1.165) is 50.6 Å². The van der Waals surface area contributed by atoms with Crippen molar-refractivity contribution in [3.63, 3.8) is 0 Å². The van der Waals surface area contributed by atoms with E-state index >= 15 is 0 Å². The fourth-order valence-corrected chi connectivity index (χ4v) is 4.37. The molecule has 0 atom stereocenters. The van der Waals surface area contributed by atoms with E-state index in [9.17, 15) is 9.18 Å². The number of rotatable bonds is 6. The van der Waals surface area contributed by atoms with Gasteiger partial charge in [-0.05, 0) is 49.7 Å². The first-order chi connectivity index (χ1) is 14.6. The molecule has 3 aromatic rings. The Morgan fingerprint density at radius 2 is 2.00 bits per heavy atom. The number of carbonyl (C=O) groups excluding carboxylic acids is 1. The SMILES string of the molecule is Cn1cc(CCCC2CCN(c3ncc(C(=O)NO)cn3)CC2)c2cccc(F)c21. The van der Waals surface area contributed by atoms with Gasteiger partial charge in [-0.1, -0.05) is 12.1 Å². The summed E-state index contributed by atoms with van der Waals surface area (Å²) < 4.78 is 15.9. The Morgan fingerprint density at radius 1 is 1.27 bits per heavy atom. The first-order valence-corrected chi connectivity index (χ1v) is 10.3. The summed E-state index contributed by atoms with van der Waals surface area (Å²) in [6.07, 6.45) is 10.2. The van der Waals surface area contributed by atoms with Gasteiger partial charge >= 0.3 is 0 Å². The van der Waals surface area contributed by atoms with Gasteiger partial charge in [-0.15, -0.1) is 0 Å². The summed E-state index contributed by atoms with van der Waals surface area (Å²) >= 11 is 0. The zero-order chi connectivity index (χ0) is 21.1. The molecule has 1 aliphatic rings. The molecule has 0 unspecified atom stereocenters. The monoisotopic (exact) mass is 411 g/mol. The molecule has 0 saturated carbocycles. The van der Waals surface area contributed by atoms with Crippen LogP contribution in [0.4, 0.5) is 10.3 Å². The summed E-state index contributed by atoms with van der Waals surface area (Å²) in [5.74, 6) is 0.489. The van der Waals surface area contributed by atoms with Crippen LogP contribution in [-0.4, -0.2) is 38.7 Å². The van der Waals surface area contributed by atoms with Crippen molar-refractivity contribution in [1.29, 1.82) is 0 Å². The molecule has 1 aliphatic heterocycles. The number of nitrogens with one attached hydrogen (secondary N) is 1. The quantitative estimate of drug-likeness (QED) is 0.479. The minimum atomic E-state index is -0.616. The van der Waals surface area contributed by atoms with Crippen molar-refractivity contribution >= 4 is 22.8 Å². The van der Waals surface area contributed by atoms with Crippen LogP contribution in [0.1, 0.15) is 41.6 Å². The van der Waals surface area contributed by atoms with E-state index in [-0.39, 0.29) is 11.4 Å². The summed E-state index contributed by atoms with van der Waals surface area (Å²) in [6.45, 7) is 1.77. The number of halogens is 1. The maximum Gasteiger partial charge on any atom is 0.277 e. The maximum atomic E-state index is 14.1. The summed E-state index contributed by atoms with van der Waals surface area (Å²) in [6, 6.07) is 5.29. The van der Waals surface area contributed by atoms with Gasteiger partial charge in [0.05, 0.1) is 11.1 Å². The van der Waals surface area contributed by atoms with Crippen LogP contribution >= 0.6 is 0 Å². The predicted molar refractivity (Wildman–Crippen MR) is 112 cm³/mol. The van der Waals surface area contributed by atoms with Crippen LogP contribution in [0.3, 0.4) is 0 Å². The number of aromatic nitrogens is 3. The lowest BCUT2D eigenvalue weighted by Gasteiger charge is -2.32. The van der Waals surface area contributed by atoms with Crippen LogP contribution in [0.5, 0.6) is 0 Å². The van der Waals surface area contributed by atoms with Crippen LogP contribution in [0.2, 0.25) is 0 Å². The highest BCUT2D eigenvalue weighted by molar-refractivity contribution is 5.92. The van der Waals surface area contributed by atoms with E-state index in [2.05, 4.69) is 21.1 Å². The van der Waals surface area contributed by atoms with E-state index in [1.807, 2.05) is 17.7 Å². The molecule has 1 amide bonds. The van der Waals surface area contributed by atoms with Crippen molar-refractivity contribution in [3.8, 4) is 0 Å². The highest BCUT2D eigenvalue weighted by Gasteiger charge is 2.21. The number of fused-ring (bicyclic) bond motifs is 1.